The van der Waals surface area contributed by atoms with E-state index in [2.05, 4.69) is 24.1 Å². The molecule has 1 aliphatic heterocycles. The summed E-state index contributed by atoms with van der Waals surface area (Å²) in [5.41, 5.74) is 0. The predicted molar refractivity (Wildman–Crippen MR) is 83.5 cm³/mol. The Morgan fingerprint density at radius 2 is 1.68 bits per heavy atom. The molecule has 1 heterocycles. The smallest absolute Gasteiger partial charge is 0.0223 e. The van der Waals surface area contributed by atoms with Gasteiger partial charge in [0, 0.05) is 12.6 Å². The van der Waals surface area contributed by atoms with E-state index in [1.165, 1.54) is 71.0 Å². The second-order valence-electron chi connectivity index (χ2n) is 6.71. The van der Waals surface area contributed by atoms with Crippen LogP contribution in [0.1, 0.15) is 65.2 Å². The second kappa shape index (κ2) is 8.26. The van der Waals surface area contributed by atoms with Crippen molar-refractivity contribution in [3.05, 3.63) is 0 Å². The van der Waals surface area contributed by atoms with Crippen molar-refractivity contribution in [3.8, 4) is 0 Å². The van der Waals surface area contributed by atoms with Crippen LogP contribution in [0.15, 0.2) is 0 Å². The van der Waals surface area contributed by atoms with Gasteiger partial charge in [-0.25, -0.2) is 0 Å². The van der Waals surface area contributed by atoms with E-state index in [1.54, 1.807) is 0 Å². The molecule has 2 nitrogen and oxygen atoms in total. The van der Waals surface area contributed by atoms with Gasteiger partial charge in [0.05, 0.1) is 0 Å². The third-order valence-electron chi connectivity index (χ3n) is 5.42. The highest BCUT2D eigenvalue weighted by Crippen LogP contribution is 2.28. The van der Waals surface area contributed by atoms with Gasteiger partial charge in [0.1, 0.15) is 0 Å². The first-order chi connectivity index (χ1) is 9.33. The number of likely N-dealkylation sites (N-methyl/N-ethyl adjacent to an activating group) is 1. The molecule has 2 heteroatoms. The zero-order valence-corrected chi connectivity index (χ0v) is 13.2. The van der Waals surface area contributed by atoms with Crippen LogP contribution in [0.5, 0.6) is 0 Å². The van der Waals surface area contributed by atoms with Crippen molar-refractivity contribution in [2.75, 3.05) is 26.2 Å². The molecule has 2 rings (SSSR count). The molecular weight excluding hydrogens is 232 g/mol. The number of piperidine rings is 1. The largest absolute Gasteiger partial charge is 0.313 e. The highest BCUT2D eigenvalue weighted by atomic mass is 15.2. The third kappa shape index (κ3) is 4.75. The average molecular weight is 266 g/mol. The van der Waals surface area contributed by atoms with Crippen LogP contribution in [0.4, 0.5) is 0 Å². The minimum absolute atomic E-state index is 0.753. The predicted octanol–water partition coefficient (Wildman–Crippen LogP) is 3.67. The quantitative estimate of drug-likeness (QED) is 0.789. The van der Waals surface area contributed by atoms with Gasteiger partial charge in [-0.05, 0) is 57.2 Å². The molecule has 1 aliphatic carbocycles. The number of rotatable bonds is 6. The Morgan fingerprint density at radius 3 is 2.26 bits per heavy atom. The fourth-order valence-corrected chi connectivity index (χ4v) is 4.03. The Hall–Kier alpha value is -0.0800. The standard InChI is InChI=1S/C17H34N2/c1-3-15-10-12-19(13-11-15)14-17(18-4-2)16-8-6-5-7-9-16/h15-18H,3-14H2,1-2H3. The van der Waals surface area contributed by atoms with Gasteiger partial charge in [-0.3, -0.25) is 0 Å². The lowest BCUT2D eigenvalue weighted by atomic mass is 9.83. The van der Waals surface area contributed by atoms with Crippen LogP contribution in [0.25, 0.3) is 0 Å². The summed E-state index contributed by atoms with van der Waals surface area (Å²) in [6, 6.07) is 0.753. The Kier molecular flexibility index (Phi) is 6.66. The summed E-state index contributed by atoms with van der Waals surface area (Å²) < 4.78 is 0. The van der Waals surface area contributed by atoms with Crippen molar-refractivity contribution in [2.45, 2.75) is 71.3 Å². The van der Waals surface area contributed by atoms with Crippen LogP contribution in [0.2, 0.25) is 0 Å². The van der Waals surface area contributed by atoms with Crippen LogP contribution in [0, 0.1) is 11.8 Å². The van der Waals surface area contributed by atoms with Gasteiger partial charge >= 0.3 is 0 Å². The van der Waals surface area contributed by atoms with E-state index < -0.39 is 0 Å². The summed E-state index contributed by atoms with van der Waals surface area (Å²) in [5, 5.41) is 3.78. The van der Waals surface area contributed by atoms with Crippen LogP contribution in [-0.4, -0.2) is 37.1 Å². The molecule has 2 fully saturated rings. The SMILES string of the molecule is CCNC(CN1CCC(CC)CC1)C1CCCCC1. The maximum absolute atomic E-state index is 3.78. The number of nitrogens with one attached hydrogen (secondary N) is 1. The van der Waals surface area contributed by atoms with Gasteiger partial charge in [0.2, 0.25) is 0 Å². The lowest BCUT2D eigenvalue weighted by Crippen LogP contribution is -2.48. The van der Waals surface area contributed by atoms with Crippen molar-refractivity contribution in [2.24, 2.45) is 11.8 Å². The fraction of sp³-hybridized carbons (Fsp3) is 1.00. The van der Waals surface area contributed by atoms with E-state index in [1.807, 2.05) is 0 Å². The van der Waals surface area contributed by atoms with Crippen molar-refractivity contribution in [1.29, 1.82) is 0 Å². The average Bonchev–Trinajstić information content (AvgIpc) is 2.48. The number of likely N-dealkylation sites (tertiary alicyclic amines) is 1. The monoisotopic (exact) mass is 266 g/mol. The molecule has 19 heavy (non-hydrogen) atoms. The van der Waals surface area contributed by atoms with E-state index in [0.29, 0.717) is 0 Å². The summed E-state index contributed by atoms with van der Waals surface area (Å²) in [7, 11) is 0. The minimum Gasteiger partial charge on any atom is -0.313 e. The van der Waals surface area contributed by atoms with Crippen molar-refractivity contribution >= 4 is 0 Å². The zero-order valence-electron chi connectivity index (χ0n) is 13.2. The first-order valence-electron chi connectivity index (χ1n) is 8.79. The molecule has 0 aromatic carbocycles. The van der Waals surface area contributed by atoms with E-state index in [0.717, 1.165) is 24.4 Å². The molecule has 112 valence electrons. The summed E-state index contributed by atoms with van der Waals surface area (Å²) in [5.74, 6) is 1.95. The van der Waals surface area contributed by atoms with Crippen molar-refractivity contribution < 1.29 is 0 Å². The molecule has 0 amide bonds. The van der Waals surface area contributed by atoms with Gasteiger partial charge in [0.25, 0.3) is 0 Å². The Bertz CT molecular complexity index is 227. The van der Waals surface area contributed by atoms with Crippen LogP contribution in [-0.2, 0) is 0 Å². The van der Waals surface area contributed by atoms with E-state index >= 15 is 0 Å². The van der Waals surface area contributed by atoms with Gasteiger partial charge in [-0.1, -0.05) is 39.5 Å². The molecule has 1 saturated heterocycles. The Labute approximate surface area is 120 Å². The molecule has 1 N–H and O–H groups in total. The molecule has 0 aromatic rings. The van der Waals surface area contributed by atoms with Crippen LogP contribution >= 0.6 is 0 Å². The normalized spacial score (nSPS) is 25.6. The highest BCUT2D eigenvalue weighted by Gasteiger charge is 2.26. The summed E-state index contributed by atoms with van der Waals surface area (Å²) in [6.45, 7) is 9.73. The van der Waals surface area contributed by atoms with Crippen molar-refractivity contribution in [1.82, 2.24) is 10.2 Å². The fourth-order valence-electron chi connectivity index (χ4n) is 4.03. The molecule has 0 radical (unpaired) electrons. The maximum atomic E-state index is 3.78. The van der Waals surface area contributed by atoms with Gasteiger partial charge < -0.3 is 10.2 Å². The first kappa shape index (κ1) is 15.3. The molecule has 0 aromatic heterocycles. The molecule has 1 atom stereocenters. The van der Waals surface area contributed by atoms with E-state index in [4.69, 9.17) is 0 Å². The molecule has 2 aliphatic rings. The van der Waals surface area contributed by atoms with Crippen molar-refractivity contribution in [3.63, 3.8) is 0 Å². The summed E-state index contributed by atoms with van der Waals surface area (Å²) >= 11 is 0. The lowest BCUT2D eigenvalue weighted by molar-refractivity contribution is 0.139. The lowest BCUT2D eigenvalue weighted by Gasteiger charge is -2.38. The van der Waals surface area contributed by atoms with Crippen LogP contribution in [0.3, 0.4) is 0 Å². The molecular formula is C17H34N2. The molecule has 0 spiro atoms. The molecule has 1 saturated carbocycles. The summed E-state index contributed by atoms with van der Waals surface area (Å²) in [4.78, 5) is 2.73. The maximum Gasteiger partial charge on any atom is 0.0223 e. The van der Waals surface area contributed by atoms with E-state index in [-0.39, 0.29) is 0 Å². The van der Waals surface area contributed by atoms with E-state index in [9.17, 15) is 0 Å². The second-order valence-corrected chi connectivity index (χ2v) is 6.71. The Morgan fingerprint density at radius 1 is 1.00 bits per heavy atom. The number of hydrogen-bond acceptors (Lipinski definition) is 2. The van der Waals surface area contributed by atoms with Gasteiger partial charge in [-0.2, -0.15) is 0 Å². The third-order valence-corrected chi connectivity index (χ3v) is 5.42. The summed E-state index contributed by atoms with van der Waals surface area (Å²) in [6.07, 6.45) is 11.6. The number of hydrogen-bond donors (Lipinski definition) is 1. The minimum atomic E-state index is 0.753. The first-order valence-corrected chi connectivity index (χ1v) is 8.79. The van der Waals surface area contributed by atoms with Gasteiger partial charge in [-0.15, -0.1) is 0 Å². The highest BCUT2D eigenvalue weighted by molar-refractivity contribution is 4.83. The Balaban J connectivity index is 1.79. The number of nitrogens with zero attached hydrogens (tertiary/aromatic N) is 1. The van der Waals surface area contributed by atoms with Crippen LogP contribution < -0.4 is 5.32 Å². The molecule has 1 unspecified atom stereocenters. The molecule has 0 bridgehead atoms. The van der Waals surface area contributed by atoms with Gasteiger partial charge in [0.15, 0.2) is 0 Å². The zero-order chi connectivity index (χ0) is 13.5. The topological polar surface area (TPSA) is 15.3 Å².